The van der Waals surface area contributed by atoms with E-state index in [-0.39, 0.29) is 11.5 Å². The molecule has 2 N–H and O–H groups in total. The Kier molecular flexibility index (Phi) is 4.00. The van der Waals surface area contributed by atoms with Crippen molar-refractivity contribution in [2.75, 3.05) is 13.2 Å². The smallest absolute Gasteiger partial charge is 0.167 e. The van der Waals surface area contributed by atoms with Crippen LogP contribution in [-0.4, -0.2) is 18.9 Å². The lowest BCUT2D eigenvalue weighted by molar-refractivity contribution is -0.157. The molecule has 2 unspecified atom stereocenters. The first-order chi connectivity index (χ1) is 8.84. The number of hydrogen-bond donors (Lipinski definition) is 1. The van der Waals surface area contributed by atoms with Crippen LogP contribution >= 0.6 is 0 Å². The molecular formula is C16H25NO2. The number of hydrogen-bond acceptors (Lipinski definition) is 3. The summed E-state index contributed by atoms with van der Waals surface area (Å²) < 4.78 is 11.7. The van der Waals surface area contributed by atoms with E-state index < -0.39 is 5.79 Å². The van der Waals surface area contributed by atoms with E-state index in [0.29, 0.717) is 13.2 Å². The number of rotatable bonds is 3. The lowest BCUT2D eigenvalue weighted by atomic mass is 9.86. The summed E-state index contributed by atoms with van der Waals surface area (Å²) in [6.07, 6.45) is 0.745. The highest BCUT2D eigenvalue weighted by Crippen LogP contribution is 2.35. The van der Waals surface area contributed by atoms with E-state index in [9.17, 15) is 0 Å². The summed E-state index contributed by atoms with van der Waals surface area (Å²) in [6, 6.07) is 8.64. The van der Waals surface area contributed by atoms with Gasteiger partial charge in [0.05, 0.1) is 6.61 Å². The van der Waals surface area contributed by atoms with Crippen LogP contribution in [-0.2, 0) is 14.9 Å². The first kappa shape index (κ1) is 14.5. The molecule has 1 fully saturated rings. The summed E-state index contributed by atoms with van der Waals surface area (Å²) in [6.45, 7) is 9.79. The van der Waals surface area contributed by atoms with Crippen LogP contribution < -0.4 is 5.73 Å². The molecule has 2 atom stereocenters. The Morgan fingerprint density at radius 3 is 2.42 bits per heavy atom. The second kappa shape index (κ2) is 5.23. The van der Waals surface area contributed by atoms with Gasteiger partial charge in [-0.05, 0) is 30.0 Å². The Morgan fingerprint density at radius 1 is 1.26 bits per heavy atom. The Labute approximate surface area is 116 Å². The van der Waals surface area contributed by atoms with Crippen molar-refractivity contribution in [2.24, 2.45) is 5.73 Å². The van der Waals surface area contributed by atoms with Crippen LogP contribution in [0.15, 0.2) is 24.3 Å². The normalized spacial score (nSPS) is 27.7. The number of ether oxygens (including phenoxy) is 2. The van der Waals surface area contributed by atoms with Crippen molar-refractivity contribution >= 4 is 0 Å². The predicted molar refractivity (Wildman–Crippen MR) is 77.0 cm³/mol. The molecule has 1 heterocycles. The van der Waals surface area contributed by atoms with Crippen LogP contribution in [0.2, 0.25) is 0 Å². The molecule has 0 bridgehead atoms. The van der Waals surface area contributed by atoms with E-state index in [0.717, 1.165) is 6.42 Å². The standard InChI is InChI=1S/C16H25NO2/c1-15(2,3)13-7-5-12(6-8-13)14-11-18-16(4,19-14)9-10-17/h5-8,14H,9-11,17H2,1-4H3. The first-order valence-corrected chi connectivity index (χ1v) is 6.96. The minimum absolute atomic E-state index is 0.0190. The summed E-state index contributed by atoms with van der Waals surface area (Å²) >= 11 is 0. The van der Waals surface area contributed by atoms with Crippen molar-refractivity contribution in [2.45, 2.75) is 51.4 Å². The second-order valence-corrected chi connectivity index (χ2v) is 6.46. The SMILES string of the molecule is CC1(CCN)OCC(c2ccc(C(C)(C)C)cc2)O1. The molecule has 1 aromatic carbocycles. The van der Waals surface area contributed by atoms with Crippen LogP contribution in [0, 0.1) is 0 Å². The molecule has 2 rings (SSSR count). The zero-order chi connectivity index (χ0) is 14.1. The maximum Gasteiger partial charge on any atom is 0.167 e. The van der Waals surface area contributed by atoms with Gasteiger partial charge in [0.1, 0.15) is 6.10 Å². The minimum atomic E-state index is -0.526. The van der Waals surface area contributed by atoms with Crippen LogP contribution in [0.5, 0.6) is 0 Å². The zero-order valence-corrected chi connectivity index (χ0v) is 12.4. The largest absolute Gasteiger partial charge is 0.347 e. The second-order valence-electron chi connectivity index (χ2n) is 6.46. The van der Waals surface area contributed by atoms with Gasteiger partial charge >= 0.3 is 0 Å². The molecule has 0 aromatic heterocycles. The molecule has 0 saturated carbocycles. The highest BCUT2D eigenvalue weighted by Gasteiger charge is 2.37. The fourth-order valence-corrected chi connectivity index (χ4v) is 2.38. The first-order valence-electron chi connectivity index (χ1n) is 6.96. The molecule has 3 heteroatoms. The molecular weight excluding hydrogens is 238 g/mol. The van der Waals surface area contributed by atoms with E-state index in [4.69, 9.17) is 15.2 Å². The summed E-state index contributed by atoms with van der Waals surface area (Å²) in [4.78, 5) is 0. The van der Waals surface area contributed by atoms with Crippen LogP contribution in [0.25, 0.3) is 0 Å². The van der Waals surface area contributed by atoms with Gasteiger partial charge in [-0.2, -0.15) is 0 Å². The Hall–Kier alpha value is -0.900. The van der Waals surface area contributed by atoms with Gasteiger partial charge in [-0.25, -0.2) is 0 Å². The Bertz CT molecular complexity index is 421. The maximum atomic E-state index is 6.00. The molecule has 1 aliphatic rings. The molecule has 1 aromatic rings. The average molecular weight is 263 g/mol. The lowest BCUT2D eigenvalue weighted by Gasteiger charge is -2.23. The van der Waals surface area contributed by atoms with Gasteiger partial charge in [0.15, 0.2) is 5.79 Å². The van der Waals surface area contributed by atoms with Gasteiger partial charge in [0.25, 0.3) is 0 Å². The van der Waals surface area contributed by atoms with E-state index in [1.54, 1.807) is 0 Å². The molecule has 0 aliphatic carbocycles. The molecule has 1 aliphatic heterocycles. The van der Waals surface area contributed by atoms with Gasteiger partial charge in [-0.3, -0.25) is 0 Å². The van der Waals surface area contributed by atoms with Crippen LogP contribution in [0.1, 0.15) is 51.3 Å². The predicted octanol–water partition coefficient (Wildman–Crippen LogP) is 3.14. The van der Waals surface area contributed by atoms with Crippen molar-refractivity contribution in [3.63, 3.8) is 0 Å². The molecule has 1 saturated heterocycles. The molecule has 19 heavy (non-hydrogen) atoms. The number of nitrogens with two attached hydrogens (primary N) is 1. The number of benzene rings is 1. The molecule has 0 spiro atoms. The van der Waals surface area contributed by atoms with Crippen LogP contribution in [0.4, 0.5) is 0 Å². The summed E-state index contributed by atoms with van der Waals surface area (Å²) in [7, 11) is 0. The van der Waals surface area contributed by atoms with E-state index >= 15 is 0 Å². The van der Waals surface area contributed by atoms with Crippen LogP contribution in [0.3, 0.4) is 0 Å². The molecule has 0 amide bonds. The minimum Gasteiger partial charge on any atom is -0.347 e. The van der Waals surface area contributed by atoms with Gasteiger partial charge in [-0.1, -0.05) is 45.0 Å². The molecule has 0 radical (unpaired) electrons. The third-order valence-corrected chi connectivity index (χ3v) is 3.68. The topological polar surface area (TPSA) is 44.5 Å². The van der Waals surface area contributed by atoms with E-state index in [1.165, 1.54) is 11.1 Å². The Balaban J connectivity index is 2.08. The third kappa shape index (κ3) is 3.35. The Morgan fingerprint density at radius 2 is 1.89 bits per heavy atom. The zero-order valence-electron chi connectivity index (χ0n) is 12.4. The van der Waals surface area contributed by atoms with Crippen molar-refractivity contribution in [3.8, 4) is 0 Å². The van der Waals surface area contributed by atoms with Crippen molar-refractivity contribution < 1.29 is 9.47 Å². The van der Waals surface area contributed by atoms with Gasteiger partial charge in [-0.15, -0.1) is 0 Å². The van der Waals surface area contributed by atoms with Gasteiger partial charge in [0.2, 0.25) is 0 Å². The lowest BCUT2D eigenvalue weighted by Crippen LogP contribution is -2.28. The van der Waals surface area contributed by atoms with Crippen molar-refractivity contribution in [1.29, 1.82) is 0 Å². The fourth-order valence-electron chi connectivity index (χ4n) is 2.38. The summed E-state index contributed by atoms with van der Waals surface area (Å²) in [5, 5.41) is 0. The third-order valence-electron chi connectivity index (χ3n) is 3.68. The van der Waals surface area contributed by atoms with Crippen molar-refractivity contribution in [3.05, 3.63) is 35.4 Å². The van der Waals surface area contributed by atoms with Crippen molar-refractivity contribution in [1.82, 2.24) is 0 Å². The summed E-state index contributed by atoms with van der Waals surface area (Å²) in [5.41, 5.74) is 8.27. The molecule has 106 valence electrons. The quantitative estimate of drug-likeness (QED) is 0.911. The van der Waals surface area contributed by atoms with Gasteiger partial charge < -0.3 is 15.2 Å². The fraction of sp³-hybridized carbons (Fsp3) is 0.625. The van der Waals surface area contributed by atoms with E-state index in [1.807, 2.05) is 6.92 Å². The summed E-state index contributed by atoms with van der Waals surface area (Å²) in [5.74, 6) is -0.526. The highest BCUT2D eigenvalue weighted by molar-refractivity contribution is 5.29. The monoisotopic (exact) mass is 263 g/mol. The van der Waals surface area contributed by atoms with E-state index in [2.05, 4.69) is 45.0 Å². The average Bonchev–Trinajstić information content (AvgIpc) is 2.71. The molecule has 3 nitrogen and oxygen atoms in total. The highest BCUT2D eigenvalue weighted by atomic mass is 16.7. The maximum absolute atomic E-state index is 6.00. The van der Waals surface area contributed by atoms with Gasteiger partial charge in [0, 0.05) is 6.42 Å².